The molecule has 1 aromatic heterocycles. The van der Waals surface area contributed by atoms with Crippen LogP contribution in [0.25, 0.3) is 6.08 Å². The van der Waals surface area contributed by atoms with Crippen LogP contribution in [0.2, 0.25) is 0 Å². The minimum atomic E-state index is -0.420. The predicted octanol–water partition coefficient (Wildman–Crippen LogP) is 5.17. The Morgan fingerprint density at radius 2 is 1.60 bits per heavy atom. The van der Waals surface area contributed by atoms with E-state index in [1.165, 1.54) is 0 Å². The zero-order chi connectivity index (χ0) is 17.6. The summed E-state index contributed by atoms with van der Waals surface area (Å²) in [6, 6.07) is 17.6. The van der Waals surface area contributed by atoms with E-state index in [0.717, 1.165) is 10.4 Å². The summed E-state index contributed by atoms with van der Waals surface area (Å²) in [5, 5.41) is 1.96. The highest BCUT2D eigenvalue weighted by Crippen LogP contribution is 2.16. The molecule has 0 atom stereocenters. The van der Waals surface area contributed by atoms with Gasteiger partial charge in [0.05, 0.1) is 5.56 Å². The Kier molecular flexibility index (Phi) is 5.21. The van der Waals surface area contributed by atoms with Gasteiger partial charge >= 0.3 is 5.97 Å². The average molecular weight is 348 g/mol. The third-order valence-corrected chi connectivity index (χ3v) is 4.42. The molecule has 3 nitrogen and oxygen atoms in total. The van der Waals surface area contributed by atoms with Gasteiger partial charge in [0, 0.05) is 10.4 Å². The van der Waals surface area contributed by atoms with Crippen LogP contribution in [0.4, 0.5) is 0 Å². The Balaban J connectivity index is 1.64. The minimum absolute atomic E-state index is 0.0928. The molecule has 2 aromatic carbocycles. The number of esters is 1. The zero-order valence-electron chi connectivity index (χ0n) is 13.6. The van der Waals surface area contributed by atoms with Gasteiger partial charge in [-0.3, -0.25) is 4.79 Å². The maximum Gasteiger partial charge on any atom is 0.343 e. The second-order valence-electron chi connectivity index (χ2n) is 5.49. The molecule has 25 heavy (non-hydrogen) atoms. The molecule has 3 rings (SSSR count). The highest BCUT2D eigenvalue weighted by molar-refractivity contribution is 7.10. The standard InChI is InChI=1S/C21H16O3S/c1-15-4-6-17(7-5-15)21(23)24-18-10-8-16(9-11-18)20(22)13-12-19-3-2-14-25-19/h2-14H,1H3. The first-order valence-corrected chi connectivity index (χ1v) is 8.64. The predicted molar refractivity (Wildman–Crippen MR) is 100 cm³/mol. The van der Waals surface area contributed by atoms with E-state index in [1.807, 2.05) is 36.6 Å². The van der Waals surface area contributed by atoms with Crippen LogP contribution >= 0.6 is 11.3 Å². The lowest BCUT2D eigenvalue weighted by Crippen LogP contribution is -2.08. The van der Waals surface area contributed by atoms with Crippen LogP contribution in [0.3, 0.4) is 0 Å². The third-order valence-electron chi connectivity index (χ3n) is 3.58. The van der Waals surface area contributed by atoms with E-state index in [2.05, 4.69) is 0 Å². The van der Waals surface area contributed by atoms with Gasteiger partial charge in [-0.2, -0.15) is 0 Å². The molecule has 0 aliphatic rings. The van der Waals surface area contributed by atoms with E-state index in [1.54, 1.807) is 59.9 Å². The van der Waals surface area contributed by atoms with Gasteiger partial charge in [0.2, 0.25) is 0 Å². The van der Waals surface area contributed by atoms with Crippen LogP contribution in [0.5, 0.6) is 5.75 Å². The summed E-state index contributed by atoms with van der Waals surface area (Å²) in [5.74, 6) is -0.106. The molecular formula is C21H16O3S. The summed E-state index contributed by atoms with van der Waals surface area (Å²) in [6.07, 6.45) is 3.33. The van der Waals surface area contributed by atoms with Crippen LogP contribution in [0.1, 0.15) is 31.2 Å². The second-order valence-corrected chi connectivity index (χ2v) is 6.47. The molecule has 0 N–H and O–H groups in total. The Morgan fingerprint density at radius 3 is 2.24 bits per heavy atom. The zero-order valence-corrected chi connectivity index (χ0v) is 14.5. The molecule has 0 aliphatic heterocycles. The van der Waals surface area contributed by atoms with Gasteiger partial charge in [-0.15, -0.1) is 11.3 Å². The quantitative estimate of drug-likeness (QED) is 0.276. The number of ketones is 1. The largest absolute Gasteiger partial charge is 0.423 e. The van der Waals surface area contributed by atoms with Crippen molar-refractivity contribution in [3.8, 4) is 5.75 Å². The second kappa shape index (κ2) is 7.73. The summed E-state index contributed by atoms with van der Waals surface area (Å²) in [4.78, 5) is 25.2. The van der Waals surface area contributed by atoms with Crippen LogP contribution in [-0.4, -0.2) is 11.8 Å². The lowest BCUT2D eigenvalue weighted by Gasteiger charge is -2.05. The van der Waals surface area contributed by atoms with Gasteiger partial charge in [-0.1, -0.05) is 23.8 Å². The number of carbonyl (C=O) groups excluding carboxylic acids is 2. The van der Waals surface area contributed by atoms with Crippen molar-refractivity contribution >= 4 is 29.2 Å². The van der Waals surface area contributed by atoms with E-state index in [4.69, 9.17) is 4.74 Å². The molecular weight excluding hydrogens is 332 g/mol. The molecule has 0 saturated carbocycles. The van der Waals surface area contributed by atoms with E-state index in [0.29, 0.717) is 16.9 Å². The van der Waals surface area contributed by atoms with Gasteiger partial charge in [0.15, 0.2) is 5.78 Å². The molecule has 3 aromatic rings. The Morgan fingerprint density at radius 1 is 0.920 bits per heavy atom. The van der Waals surface area contributed by atoms with Gasteiger partial charge in [0.1, 0.15) is 5.75 Å². The van der Waals surface area contributed by atoms with E-state index in [-0.39, 0.29) is 5.78 Å². The summed E-state index contributed by atoms with van der Waals surface area (Å²) in [6.45, 7) is 1.96. The van der Waals surface area contributed by atoms with Crippen molar-refractivity contribution in [1.29, 1.82) is 0 Å². The van der Waals surface area contributed by atoms with Crippen molar-refractivity contribution in [2.75, 3.05) is 0 Å². The number of thiophene rings is 1. The molecule has 0 amide bonds. The fourth-order valence-corrected chi connectivity index (χ4v) is 2.80. The van der Waals surface area contributed by atoms with Gasteiger partial charge in [-0.25, -0.2) is 4.79 Å². The highest BCUT2D eigenvalue weighted by Gasteiger charge is 2.09. The smallest absolute Gasteiger partial charge is 0.343 e. The van der Waals surface area contributed by atoms with Crippen molar-refractivity contribution in [2.45, 2.75) is 6.92 Å². The van der Waals surface area contributed by atoms with Crippen molar-refractivity contribution in [3.63, 3.8) is 0 Å². The molecule has 0 saturated heterocycles. The maximum absolute atomic E-state index is 12.1. The fraction of sp³-hybridized carbons (Fsp3) is 0.0476. The summed E-state index contributed by atoms with van der Waals surface area (Å²) < 4.78 is 5.33. The number of benzene rings is 2. The average Bonchev–Trinajstić information content (AvgIpc) is 3.14. The summed E-state index contributed by atoms with van der Waals surface area (Å²) in [5.41, 5.74) is 2.11. The summed E-state index contributed by atoms with van der Waals surface area (Å²) >= 11 is 1.57. The Bertz CT molecular complexity index is 889. The summed E-state index contributed by atoms with van der Waals surface area (Å²) in [7, 11) is 0. The lowest BCUT2D eigenvalue weighted by atomic mass is 10.1. The van der Waals surface area contributed by atoms with E-state index in [9.17, 15) is 9.59 Å². The Hall–Kier alpha value is -2.98. The van der Waals surface area contributed by atoms with Crippen LogP contribution in [0.15, 0.2) is 72.1 Å². The number of hydrogen-bond acceptors (Lipinski definition) is 4. The third kappa shape index (κ3) is 4.52. The van der Waals surface area contributed by atoms with Gasteiger partial charge < -0.3 is 4.74 Å². The van der Waals surface area contributed by atoms with Crippen LogP contribution in [0, 0.1) is 6.92 Å². The first-order chi connectivity index (χ1) is 12.1. The number of rotatable bonds is 5. The first-order valence-electron chi connectivity index (χ1n) is 7.77. The SMILES string of the molecule is Cc1ccc(C(=O)Oc2ccc(C(=O)C=Cc3cccs3)cc2)cc1. The molecule has 1 heterocycles. The monoisotopic (exact) mass is 348 g/mol. The number of carbonyl (C=O) groups is 2. The molecule has 124 valence electrons. The minimum Gasteiger partial charge on any atom is -0.423 e. The van der Waals surface area contributed by atoms with Crippen molar-refractivity contribution in [2.24, 2.45) is 0 Å². The molecule has 0 unspecified atom stereocenters. The van der Waals surface area contributed by atoms with Gasteiger partial charge in [-0.05, 0) is 66.9 Å². The van der Waals surface area contributed by atoms with Gasteiger partial charge in [0.25, 0.3) is 0 Å². The van der Waals surface area contributed by atoms with E-state index >= 15 is 0 Å². The Labute approximate surface area is 150 Å². The normalized spacial score (nSPS) is 10.8. The van der Waals surface area contributed by atoms with E-state index < -0.39 is 5.97 Å². The van der Waals surface area contributed by atoms with Crippen molar-refractivity contribution in [1.82, 2.24) is 0 Å². The first kappa shape index (κ1) is 16.9. The number of allylic oxidation sites excluding steroid dienone is 1. The number of ether oxygens (including phenoxy) is 1. The molecule has 0 aliphatic carbocycles. The topological polar surface area (TPSA) is 43.4 Å². The number of aryl methyl sites for hydroxylation is 1. The highest BCUT2D eigenvalue weighted by atomic mass is 32.1. The molecule has 0 spiro atoms. The molecule has 4 heteroatoms. The molecule has 0 fully saturated rings. The van der Waals surface area contributed by atoms with Crippen molar-refractivity contribution in [3.05, 3.63) is 93.7 Å². The van der Waals surface area contributed by atoms with Crippen LogP contribution < -0.4 is 4.74 Å². The van der Waals surface area contributed by atoms with Crippen molar-refractivity contribution < 1.29 is 14.3 Å². The molecule has 0 radical (unpaired) electrons. The van der Waals surface area contributed by atoms with Crippen LogP contribution in [-0.2, 0) is 0 Å². The maximum atomic E-state index is 12.1. The number of hydrogen-bond donors (Lipinski definition) is 0. The lowest BCUT2D eigenvalue weighted by molar-refractivity contribution is 0.0734. The fourth-order valence-electron chi connectivity index (χ4n) is 2.18. The molecule has 0 bridgehead atoms.